The number of phenolic OH excluding ortho intramolecular Hbond substituents is 1. The second-order valence-corrected chi connectivity index (χ2v) is 7.93. The van der Waals surface area contributed by atoms with Crippen molar-refractivity contribution < 1.29 is 28.8 Å². The molecule has 0 aliphatic carbocycles. The number of fused-ring (bicyclic) bond motifs is 1. The minimum absolute atomic E-state index is 0.0132. The maximum absolute atomic E-state index is 12.3. The molecule has 0 bridgehead atoms. The second kappa shape index (κ2) is 7.70. The number of rotatable bonds is 5. The molecule has 9 nitrogen and oxygen atoms in total. The Kier molecular flexibility index (Phi) is 5.47. The van der Waals surface area contributed by atoms with Crippen molar-refractivity contribution in [3.63, 3.8) is 0 Å². The Bertz CT molecular complexity index is 1030. The van der Waals surface area contributed by atoms with Crippen LogP contribution in [0.5, 0.6) is 23.1 Å². The first kappa shape index (κ1) is 20.6. The lowest BCUT2D eigenvalue weighted by Gasteiger charge is -2.19. The number of methoxy groups -OCH3 is 3. The van der Waals surface area contributed by atoms with Gasteiger partial charge in [-0.3, -0.25) is 5.32 Å². The van der Waals surface area contributed by atoms with Crippen molar-refractivity contribution in [2.75, 3.05) is 26.6 Å². The Morgan fingerprint density at radius 2 is 1.76 bits per heavy atom. The third kappa shape index (κ3) is 4.02. The number of thiazole rings is 1. The van der Waals surface area contributed by atoms with Crippen LogP contribution in [-0.2, 0) is 4.74 Å². The third-order valence-electron chi connectivity index (χ3n) is 3.89. The van der Waals surface area contributed by atoms with Crippen LogP contribution in [0.2, 0.25) is 0 Å². The number of nitrogens with zero attached hydrogens (tertiary/aromatic N) is 2. The van der Waals surface area contributed by atoms with Crippen LogP contribution in [0.4, 0.5) is 10.5 Å². The van der Waals surface area contributed by atoms with Gasteiger partial charge in [-0.05, 0) is 20.8 Å². The predicted molar refractivity (Wildman–Crippen MR) is 110 cm³/mol. The van der Waals surface area contributed by atoms with Crippen molar-refractivity contribution in [1.82, 2.24) is 9.61 Å². The van der Waals surface area contributed by atoms with E-state index in [1.54, 1.807) is 25.3 Å². The minimum Gasteiger partial charge on any atom is -0.508 e. The van der Waals surface area contributed by atoms with Gasteiger partial charge < -0.3 is 24.1 Å². The summed E-state index contributed by atoms with van der Waals surface area (Å²) in [4.78, 5) is 12.9. The van der Waals surface area contributed by atoms with Crippen LogP contribution in [0.1, 0.15) is 20.8 Å². The summed E-state index contributed by atoms with van der Waals surface area (Å²) in [6.45, 7) is 5.35. The van der Waals surface area contributed by atoms with E-state index in [4.69, 9.17) is 18.9 Å². The highest BCUT2D eigenvalue weighted by Gasteiger charge is 2.25. The normalized spacial score (nSPS) is 11.4. The Morgan fingerprint density at radius 1 is 1.14 bits per heavy atom. The maximum atomic E-state index is 12.3. The highest BCUT2D eigenvalue weighted by molar-refractivity contribution is 7.16. The molecule has 0 fully saturated rings. The number of nitrogens with one attached hydrogen (secondary N) is 1. The van der Waals surface area contributed by atoms with Gasteiger partial charge in [0.1, 0.15) is 33.4 Å². The highest BCUT2D eigenvalue weighted by atomic mass is 32.1. The second-order valence-electron chi connectivity index (χ2n) is 7.07. The fraction of sp³-hybridized carbons (Fsp3) is 0.368. The quantitative estimate of drug-likeness (QED) is 0.638. The summed E-state index contributed by atoms with van der Waals surface area (Å²) >= 11 is 1.35. The topological polar surface area (TPSA) is 104 Å². The number of anilines is 1. The number of ether oxygens (including phenoxy) is 4. The van der Waals surface area contributed by atoms with Gasteiger partial charge in [0.05, 0.1) is 32.6 Å². The third-order valence-corrected chi connectivity index (χ3v) is 4.83. The van der Waals surface area contributed by atoms with Crippen LogP contribution in [0, 0.1) is 0 Å². The van der Waals surface area contributed by atoms with Gasteiger partial charge in [-0.25, -0.2) is 9.31 Å². The Hall–Kier alpha value is -3.14. The molecule has 3 aromatic rings. The van der Waals surface area contributed by atoms with E-state index in [9.17, 15) is 9.90 Å². The number of aromatic hydroxyl groups is 1. The molecule has 0 saturated carbocycles. The minimum atomic E-state index is -0.642. The molecule has 0 aliphatic heterocycles. The lowest BCUT2D eigenvalue weighted by Crippen LogP contribution is -2.27. The van der Waals surface area contributed by atoms with E-state index in [-0.39, 0.29) is 11.6 Å². The van der Waals surface area contributed by atoms with Gasteiger partial charge in [0.2, 0.25) is 0 Å². The monoisotopic (exact) mass is 421 g/mol. The number of benzene rings is 1. The van der Waals surface area contributed by atoms with Gasteiger partial charge in [0.25, 0.3) is 5.88 Å². The molecule has 0 atom stereocenters. The number of hydrogen-bond donors (Lipinski definition) is 2. The van der Waals surface area contributed by atoms with Crippen molar-refractivity contribution in [2.24, 2.45) is 0 Å². The van der Waals surface area contributed by atoms with Gasteiger partial charge in [-0.2, -0.15) is 0 Å². The van der Waals surface area contributed by atoms with E-state index >= 15 is 0 Å². The highest BCUT2D eigenvalue weighted by Crippen LogP contribution is 2.45. The van der Waals surface area contributed by atoms with Crippen LogP contribution in [0.25, 0.3) is 16.1 Å². The molecule has 2 N–H and O–H groups in total. The van der Waals surface area contributed by atoms with Crippen LogP contribution in [0.15, 0.2) is 17.5 Å². The lowest BCUT2D eigenvalue weighted by molar-refractivity contribution is 0.0635. The molecule has 0 unspecified atom stereocenters. The number of carbonyl (C=O) groups is 1. The Labute approximate surface area is 171 Å². The number of carbonyl (C=O) groups excluding carboxylic acids is 1. The zero-order chi connectivity index (χ0) is 21.3. The molecule has 2 heterocycles. The molecule has 156 valence electrons. The molecule has 1 aromatic carbocycles. The number of phenols is 1. The fourth-order valence-electron chi connectivity index (χ4n) is 2.79. The first-order chi connectivity index (χ1) is 13.7. The van der Waals surface area contributed by atoms with E-state index in [0.717, 1.165) is 0 Å². The molecule has 0 saturated heterocycles. The maximum Gasteiger partial charge on any atom is 0.412 e. The van der Waals surface area contributed by atoms with E-state index in [1.165, 1.54) is 44.8 Å². The summed E-state index contributed by atoms with van der Waals surface area (Å²) in [6.07, 6.45) is -0.611. The summed E-state index contributed by atoms with van der Waals surface area (Å²) in [5.41, 5.74) is 1.01. The van der Waals surface area contributed by atoms with Crippen LogP contribution in [-0.4, -0.2) is 47.7 Å². The van der Waals surface area contributed by atoms with Crippen molar-refractivity contribution in [3.05, 3.63) is 17.5 Å². The Morgan fingerprint density at radius 3 is 2.28 bits per heavy atom. The van der Waals surface area contributed by atoms with E-state index in [1.807, 2.05) is 5.38 Å². The number of amides is 1. The number of hydrogen-bond acceptors (Lipinski definition) is 8. The SMILES string of the molecule is COc1cc(O)cc(OC)c1-c1csc2c(NC(=O)OC(C)(C)C)c(OC)nn12. The van der Waals surface area contributed by atoms with Crippen LogP contribution < -0.4 is 19.5 Å². The first-order valence-electron chi connectivity index (χ1n) is 8.68. The van der Waals surface area contributed by atoms with Gasteiger partial charge in [-0.15, -0.1) is 16.4 Å². The summed E-state index contributed by atoms with van der Waals surface area (Å²) in [6, 6.07) is 2.98. The van der Waals surface area contributed by atoms with Crippen LogP contribution >= 0.6 is 11.3 Å². The van der Waals surface area contributed by atoms with Crippen LogP contribution in [0.3, 0.4) is 0 Å². The fourth-order valence-corrected chi connectivity index (χ4v) is 3.72. The van der Waals surface area contributed by atoms with Gasteiger partial charge >= 0.3 is 6.09 Å². The van der Waals surface area contributed by atoms with Crippen molar-refractivity contribution in [2.45, 2.75) is 26.4 Å². The zero-order valence-electron chi connectivity index (χ0n) is 17.0. The van der Waals surface area contributed by atoms with Gasteiger partial charge in [0.15, 0.2) is 0 Å². The molecular weight excluding hydrogens is 398 g/mol. The average molecular weight is 421 g/mol. The summed E-state index contributed by atoms with van der Waals surface area (Å²) < 4.78 is 23.1. The van der Waals surface area contributed by atoms with Crippen molar-refractivity contribution in [3.8, 4) is 34.4 Å². The lowest BCUT2D eigenvalue weighted by atomic mass is 10.1. The van der Waals surface area contributed by atoms with Crippen molar-refractivity contribution >= 4 is 27.9 Å². The van der Waals surface area contributed by atoms with Gasteiger partial charge in [-0.1, -0.05) is 0 Å². The van der Waals surface area contributed by atoms with E-state index < -0.39 is 11.7 Å². The predicted octanol–water partition coefficient (Wildman–Crippen LogP) is 4.14. The molecule has 10 heteroatoms. The molecule has 0 aliphatic rings. The molecule has 0 spiro atoms. The average Bonchev–Trinajstić information content (AvgIpc) is 3.19. The molecule has 3 rings (SSSR count). The van der Waals surface area contributed by atoms with E-state index in [2.05, 4.69) is 10.4 Å². The number of aromatic nitrogens is 2. The standard InChI is InChI=1S/C19H23N3O6S/c1-19(2,3)28-18(24)20-15-16(27-6)21-22-11(9-29-17(15)22)14-12(25-4)7-10(23)8-13(14)26-5/h7-9,23H,1-6H3,(H,20,24). The molecule has 29 heavy (non-hydrogen) atoms. The smallest absolute Gasteiger partial charge is 0.412 e. The first-order valence-corrected chi connectivity index (χ1v) is 9.56. The molecule has 2 aromatic heterocycles. The van der Waals surface area contributed by atoms with E-state index in [0.29, 0.717) is 33.3 Å². The zero-order valence-corrected chi connectivity index (χ0v) is 17.8. The van der Waals surface area contributed by atoms with Crippen molar-refractivity contribution in [1.29, 1.82) is 0 Å². The largest absolute Gasteiger partial charge is 0.508 e. The Balaban J connectivity index is 2.13. The summed E-state index contributed by atoms with van der Waals surface area (Å²) in [5.74, 6) is 1.08. The summed E-state index contributed by atoms with van der Waals surface area (Å²) in [7, 11) is 4.47. The summed E-state index contributed by atoms with van der Waals surface area (Å²) in [5, 5.41) is 18.9. The van der Waals surface area contributed by atoms with Gasteiger partial charge in [0, 0.05) is 17.5 Å². The molecule has 1 amide bonds. The molecule has 0 radical (unpaired) electrons. The molecular formula is C19H23N3O6S.